The highest BCUT2D eigenvalue weighted by Gasteiger charge is 2.47. The largest absolute Gasteiger partial charge is 0.387 e. The van der Waals surface area contributed by atoms with Crippen molar-refractivity contribution < 1.29 is 24.6 Å². The van der Waals surface area contributed by atoms with Gasteiger partial charge in [0.05, 0.1) is 6.33 Å². The lowest BCUT2D eigenvalue weighted by atomic mass is 10.0. The van der Waals surface area contributed by atoms with E-state index in [1.54, 1.807) is 6.92 Å². The van der Waals surface area contributed by atoms with Gasteiger partial charge in [-0.15, -0.1) is 0 Å². The SMILES string of the molecule is CCC(ONC=O)[C@H]1O[C@@H](n2cnc3c(N)ncnc32)[C@H](O)[C@@H]1O. The van der Waals surface area contributed by atoms with Crippen LogP contribution in [-0.2, 0) is 14.4 Å². The van der Waals surface area contributed by atoms with Crippen LogP contribution in [0.15, 0.2) is 12.7 Å². The number of aliphatic hydroxyl groups is 2. The summed E-state index contributed by atoms with van der Waals surface area (Å²) in [5.74, 6) is 0.202. The number of carbonyl (C=O) groups excluding carboxylic acids is 1. The maximum atomic E-state index is 10.4. The fourth-order valence-electron chi connectivity index (χ4n) is 2.78. The minimum absolute atomic E-state index is 0.202. The van der Waals surface area contributed by atoms with E-state index >= 15 is 0 Å². The lowest BCUT2D eigenvalue weighted by molar-refractivity contribution is -0.148. The molecule has 0 aromatic carbocycles. The first kappa shape index (κ1) is 16.5. The molecule has 1 aliphatic rings. The Morgan fingerprint density at radius 2 is 2.25 bits per heavy atom. The van der Waals surface area contributed by atoms with E-state index in [2.05, 4.69) is 20.4 Å². The van der Waals surface area contributed by atoms with E-state index in [0.29, 0.717) is 24.0 Å². The van der Waals surface area contributed by atoms with Crippen LogP contribution in [-0.4, -0.2) is 60.6 Å². The van der Waals surface area contributed by atoms with E-state index in [4.69, 9.17) is 15.3 Å². The second-order valence-electron chi connectivity index (χ2n) is 5.36. The van der Waals surface area contributed by atoms with Crippen LogP contribution in [0.5, 0.6) is 0 Å². The molecule has 3 heterocycles. The Labute approximate surface area is 136 Å². The molecule has 11 heteroatoms. The molecule has 2 aromatic heterocycles. The third-order valence-electron chi connectivity index (χ3n) is 3.97. The number of nitrogens with zero attached hydrogens (tertiary/aromatic N) is 4. The fourth-order valence-corrected chi connectivity index (χ4v) is 2.78. The molecule has 1 amide bonds. The number of aliphatic hydroxyl groups excluding tert-OH is 2. The zero-order chi connectivity index (χ0) is 17.3. The molecule has 2 aromatic rings. The number of hydroxylamine groups is 1. The molecule has 1 unspecified atom stereocenters. The average molecular weight is 338 g/mol. The normalized spacial score (nSPS) is 28.1. The van der Waals surface area contributed by atoms with Gasteiger partial charge >= 0.3 is 0 Å². The number of nitrogen functional groups attached to an aromatic ring is 1. The zero-order valence-electron chi connectivity index (χ0n) is 12.8. The van der Waals surface area contributed by atoms with E-state index in [9.17, 15) is 15.0 Å². The Balaban J connectivity index is 1.89. The number of rotatable bonds is 6. The molecule has 0 aliphatic carbocycles. The second kappa shape index (κ2) is 6.65. The number of aromatic nitrogens is 4. The Hall–Kier alpha value is -2.34. The first-order valence-electron chi connectivity index (χ1n) is 7.37. The molecule has 130 valence electrons. The number of fused-ring (bicyclic) bond motifs is 1. The number of ether oxygens (including phenoxy) is 1. The lowest BCUT2D eigenvalue weighted by Crippen LogP contribution is -2.42. The summed E-state index contributed by atoms with van der Waals surface area (Å²) < 4.78 is 7.24. The van der Waals surface area contributed by atoms with E-state index in [1.165, 1.54) is 17.2 Å². The van der Waals surface area contributed by atoms with Crippen LogP contribution in [0.3, 0.4) is 0 Å². The van der Waals surface area contributed by atoms with Crippen LogP contribution >= 0.6 is 0 Å². The molecule has 0 radical (unpaired) electrons. The summed E-state index contributed by atoms with van der Waals surface area (Å²) in [5, 5.41) is 20.6. The molecule has 1 fully saturated rings. The summed E-state index contributed by atoms with van der Waals surface area (Å²) in [5.41, 5.74) is 8.58. The van der Waals surface area contributed by atoms with E-state index < -0.39 is 30.6 Å². The zero-order valence-corrected chi connectivity index (χ0v) is 12.8. The molecule has 24 heavy (non-hydrogen) atoms. The number of carbonyl (C=O) groups is 1. The molecule has 3 rings (SSSR count). The number of nitrogens with two attached hydrogens (primary N) is 1. The predicted molar refractivity (Wildman–Crippen MR) is 80.0 cm³/mol. The highest BCUT2D eigenvalue weighted by molar-refractivity contribution is 5.81. The van der Waals surface area contributed by atoms with Crippen LogP contribution < -0.4 is 11.2 Å². The van der Waals surface area contributed by atoms with E-state index in [1.807, 2.05) is 0 Å². The number of anilines is 1. The van der Waals surface area contributed by atoms with Crippen LogP contribution in [0.25, 0.3) is 11.2 Å². The monoisotopic (exact) mass is 338 g/mol. The smallest absolute Gasteiger partial charge is 0.230 e. The highest BCUT2D eigenvalue weighted by atomic mass is 16.7. The minimum atomic E-state index is -1.24. The Bertz CT molecular complexity index is 724. The Morgan fingerprint density at radius 3 is 2.96 bits per heavy atom. The van der Waals surface area contributed by atoms with Crippen molar-refractivity contribution in [2.75, 3.05) is 5.73 Å². The van der Waals surface area contributed by atoms with Gasteiger partial charge in [-0.1, -0.05) is 6.92 Å². The number of imidazole rings is 1. The van der Waals surface area contributed by atoms with Gasteiger partial charge in [-0.3, -0.25) is 14.2 Å². The van der Waals surface area contributed by atoms with Gasteiger partial charge in [-0.25, -0.2) is 20.4 Å². The first-order valence-corrected chi connectivity index (χ1v) is 7.37. The van der Waals surface area contributed by atoms with Gasteiger partial charge in [0.25, 0.3) is 0 Å². The summed E-state index contributed by atoms with van der Waals surface area (Å²) in [6, 6.07) is 0. The fraction of sp³-hybridized carbons (Fsp3) is 0.538. The molecule has 0 spiro atoms. The second-order valence-corrected chi connectivity index (χ2v) is 5.36. The maximum absolute atomic E-state index is 10.4. The van der Waals surface area contributed by atoms with Crippen molar-refractivity contribution in [3.63, 3.8) is 0 Å². The van der Waals surface area contributed by atoms with Crippen molar-refractivity contribution >= 4 is 23.4 Å². The molecule has 1 saturated heterocycles. The van der Waals surface area contributed by atoms with Gasteiger partial charge < -0.3 is 20.7 Å². The quantitative estimate of drug-likeness (QED) is 0.363. The van der Waals surface area contributed by atoms with Crippen molar-refractivity contribution in [3.05, 3.63) is 12.7 Å². The maximum Gasteiger partial charge on any atom is 0.230 e. The average Bonchev–Trinajstić information content (AvgIpc) is 3.13. The van der Waals surface area contributed by atoms with Gasteiger partial charge in [0.1, 0.15) is 36.3 Å². The van der Waals surface area contributed by atoms with Gasteiger partial charge in [-0.05, 0) is 6.42 Å². The number of hydrogen-bond donors (Lipinski definition) is 4. The van der Waals surface area contributed by atoms with Crippen molar-refractivity contribution in [1.82, 2.24) is 25.0 Å². The highest BCUT2D eigenvalue weighted by Crippen LogP contribution is 2.34. The Kier molecular flexibility index (Phi) is 4.57. The molecular formula is C13H18N6O5. The topological polar surface area (TPSA) is 158 Å². The summed E-state index contributed by atoms with van der Waals surface area (Å²) in [4.78, 5) is 27.6. The van der Waals surface area contributed by atoms with Gasteiger partial charge in [0.15, 0.2) is 17.7 Å². The number of nitrogens with one attached hydrogen (secondary N) is 1. The molecular weight excluding hydrogens is 320 g/mol. The summed E-state index contributed by atoms with van der Waals surface area (Å²) >= 11 is 0. The third kappa shape index (κ3) is 2.67. The summed E-state index contributed by atoms with van der Waals surface area (Å²) in [6.07, 6.45) is -1.37. The first-order chi connectivity index (χ1) is 11.6. The third-order valence-corrected chi connectivity index (χ3v) is 3.97. The van der Waals surface area contributed by atoms with Crippen molar-refractivity contribution in [2.24, 2.45) is 0 Å². The molecule has 0 bridgehead atoms. The number of hydrogen-bond acceptors (Lipinski definition) is 9. The van der Waals surface area contributed by atoms with Crippen molar-refractivity contribution in [3.8, 4) is 0 Å². The standard InChI is InChI=1S/C13H18N6O5/c1-2-6(24-18-5-20)10-8(21)9(22)13(23-10)19-4-17-7-11(14)15-3-16-12(7)19/h3-6,8-10,13,21-22H,2H2,1H3,(H,18,20)(H2,14,15,16)/t6?,8-,9+,10+,13+/m0/s1. The predicted octanol–water partition coefficient (Wildman–Crippen LogP) is -1.52. The summed E-state index contributed by atoms with van der Waals surface area (Å²) in [6.45, 7) is 1.80. The molecule has 0 saturated carbocycles. The molecule has 5 N–H and O–H groups in total. The molecule has 11 nitrogen and oxygen atoms in total. The molecule has 5 atom stereocenters. The number of amides is 1. The Morgan fingerprint density at radius 1 is 1.46 bits per heavy atom. The van der Waals surface area contributed by atoms with Crippen molar-refractivity contribution in [2.45, 2.75) is 44.0 Å². The van der Waals surface area contributed by atoms with E-state index in [-0.39, 0.29) is 5.82 Å². The summed E-state index contributed by atoms with van der Waals surface area (Å²) in [7, 11) is 0. The lowest BCUT2D eigenvalue weighted by Gasteiger charge is -2.23. The van der Waals surface area contributed by atoms with Crippen LogP contribution in [0.2, 0.25) is 0 Å². The van der Waals surface area contributed by atoms with Crippen LogP contribution in [0, 0.1) is 0 Å². The van der Waals surface area contributed by atoms with Gasteiger partial charge in [0, 0.05) is 0 Å². The van der Waals surface area contributed by atoms with Gasteiger partial charge in [0.2, 0.25) is 6.41 Å². The van der Waals surface area contributed by atoms with E-state index in [0.717, 1.165) is 0 Å². The van der Waals surface area contributed by atoms with Gasteiger partial charge in [-0.2, -0.15) is 0 Å². The minimum Gasteiger partial charge on any atom is -0.387 e. The van der Waals surface area contributed by atoms with Crippen LogP contribution in [0.4, 0.5) is 5.82 Å². The molecule has 1 aliphatic heterocycles. The van der Waals surface area contributed by atoms with Crippen molar-refractivity contribution in [1.29, 1.82) is 0 Å². The van der Waals surface area contributed by atoms with Crippen LogP contribution in [0.1, 0.15) is 19.6 Å².